The summed E-state index contributed by atoms with van der Waals surface area (Å²) in [6.07, 6.45) is 2.51. The summed E-state index contributed by atoms with van der Waals surface area (Å²) in [4.78, 5) is 14.6. The minimum Gasteiger partial charge on any atom is -0.469 e. The Morgan fingerprint density at radius 3 is 2.88 bits per heavy atom. The number of hydrogen-bond acceptors (Lipinski definition) is 2. The van der Waals surface area contributed by atoms with E-state index in [1.54, 1.807) is 0 Å². The van der Waals surface area contributed by atoms with Crippen LogP contribution in [0.3, 0.4) is 0 Å². The second-order valence-corrected chi connectivity index (χ2v) is 4.22. The van der Waals surface area contributed by atoms with Crippen molar-refractivity contribution < 1.29 is 9.53 Å². The van der Waals surface area contributed by atoms with Crippen LogP contribution in [-0.2, 0) is 22.4 Å². The molecule has 2 rings (SSSR count). The summed E-state index contributed by atoms with van der Waals surface area (Å²) in [6.45, 7) is 2.16. The molecule has 1 aromatic heterocycles. The van der Waals surface area contributed by atoms with Crippen LogP contribution in [0.15, 0.2) is 24.3 Å². The van der Waals surface area contributed by atoms with E-state index in [9.17, 15) is 4.79 Å². The Morgan fingerprint density at radius 2 is 2.18 bits per heavy atom. The van der Waals surface area contributed by atoms with Crippen LogP contribution in [0.25, 0.3) is 10.9 Å². The lowest BCUT2D eigenvalue weighted by molar-refractivity contribution is -0.139. The van der Waals surface area contributed by atoms with Crippen LogP contribution in [0.2, 0.25) is 0 Å². The van der Waals surface area contributed by atoms with Gasteiger partial charge < -0.3 is 9.72 Å². The first-order valence-electron chi connectivity index (χ1n) is 5.90. The number of nitrogens with one attached hydrogen (secondary N) is 1. The van der Waals surface area contributed by atoms with Crippen LogP contribution >= 0.6 is 0 Å². The molecule has 0 fully saturated rings. The van der Waals surface area contributed by atoms with Gasteiger partial charge >= 0.3 is 5.97 Å². The molecule has 0 saturated heterocycles. The van der Waals surface area contributed by atoms with E-state index in [4.69, 9.17) is 0 Å². The van der Waals surface area contributed by atoms with Gasteiger partial charge in [-0.05, 0) is 29.5 Å². The highest BCUT2D eigenvalue weighted by atomic mass is 16.5. The number of hydrogen-bond donors (Lipinski definition) is 1. The molecule has 0 radical (unpaired) electrons. The largest absolute Gasteiger partial charge is 0.469 e. The fraction of sp³-hybridized carbons (Fsp3) is 0.357. The number of carbonyl (C=O) groups excluding carboxylic acids is 1. The highest BCUT2D eigenvalue weighted by Crippen LogP contribution is 2.18. The molecular weight excluding hydrogens is 214 g/mol. The Hall–Kier alpha value is -1.77. The molecule has 0 amide bonds. The molecule has 1 N–H and O–H groups in total. The van der Waals surface area contributed by atoms with Gasteiger partial charge in [0.25, 0.3) is 0 Å². The number of H-pyrrole nitrogens is 1. The first kappa shape index (κ1) is 11.7. The molecule has 0 bridgehead atoms. The molecular formula is C14H17NO2. The topological polar surface area (TPSA) is 42.1 Å². The fourth-order valence-corrected chi connectivity index (χ4v) is 1.99. The summed E-state index contributed by atoms with van der Waals surface area (Å²) in [6, 6.07) is 8.21. The van der Waals surface area contributed by atoms with Crippen LogP contribution in [-0.4, -0.2) is 18.1 Å². The van der Waals surface area contributed by atoms with Crippen molar-refractivity contribution in [2.75, 3.05) is 7.11 Å². The van der Waals surface area contributed by atoms with Crippen molar-refractivity contribution in [3.63, 3.8) is 0 Å². The highest BCUT2D eigenvalue weighted by molar-refractivity contribution is 5.82. The van der Waals surface area contributed by atoms with Gasteiger partial charge in [0.15, 0.2) is 0 Å². The first-order chi connectivity index (χ1) is 8.22. The van der Waals surface area contributed by atoms with Crippen LogP contribution in [0.1, 0.15) is 24.6 Å². The van der Waals surface area contributed by atoms with Crippen molar-refractivity contribution in [1.82, 2.24) is 4.98 Å². The standard InChI is InChI=1S/C14H17NO2/c1-3-4-12-9-11-6-5-10(7-13(11)15-12)8-14(16)17-2/h5-7,9,15H,3-4,8H2,1-2H3. The average Bonchev–Trinajstić information content (AvgIpc) is 2.71. The highest BCUT2D eigenvalue weighted by Gasteiger charge is 2.05. The third-order valence-corrected chi connectivity index (χ3v) is 2.84. The van der Waals surface area contributed by atoms with E-state index in [2.05, 4.69) is 22.7 Å². The third-order valence-electron chi connectivity index (χ3n) is 2.84. The molecule has 0 aliphatic carbocycles. The molecule has 0 aliphatic rings. The van der Waals surface area contributed by atoms with Crippen LogP contribution in [0.4, 0.5) is 0 Å². The molecule has 2 aromatic rings. The van der Waals surface area contributed by atoms with Crippen molar-refractivity contribution >= 4 is 16.9 Å². The monoisotopic (exact) mass is 231 g/mol. The Labute approximate surface area is 101 Å². The van der Waals surface area contributed by atoms with Crippen molar-refractivity contribution in [2.24, 2.45) is 0 Å². The number of rotatable bonds is 4. The summed E-state index contributed by atoms with van der Waals surface area (Å²) >= 11 is 0. The molecule has 90 valence electrons. The number of aromatic amines is 1. The quantitative estimate of drug-likeness (QED) is 0.822. The number of aryl methyl sites for hydroxylation is 1. The predicted octanol–water partition coefficient (Wildman–Crippen LogP) is 2.84. The summed E-state index contributed by atoms with van der Waals surface area (Å²) in [7, 11) is 1.41. The van der Waals surface area contributed by atoms with Gasteiger partial charge in [0, 0.05) is 11.2 Å². The van der Waals surface area contributed by atoms with Crippen molar-refractivity contribution in [3.05, 3.63) is 35.5 Å². The Kier molecular flexibility index (Phi) is 3.47. The predicted molar refractivity (Wildman–Crippen MR) is 68.0 cm³/mol. The molecule has 1 heterocycles. The van der Waals surface area contributed by atoms with Crippen molar-refractivity contribution in [2.45, 2.75) is 26.2 Å². The smallest absolute Gasteiger partial charge is 0.309 e. The summed E-state index contributed by atoms with van der Waals surface area (Å²) in [5.74, 6) is -0.204. The molecule has 0 saturated carbocycles. The van der Waals surface area contributed by atoms with Crippen LogP contribution < -0.4 is 0 Å². The SMILES string of the molecule is CCCc1cc2ccc(CC(=O)OC)cc2[nH]1. The second kappa shape index (κ2) is 5.04. The van der Waals surface area contributed by atoms with E-state index in [0.717, 1.165) is 23.9 Å². The van der Waals surface area contributed by atoms with Gasteiger partial charge in [0.1, 0.15) is 0 Å². The molecule has 0 aliphatic heterocycles. The van der Waals surface area contributed by atoms with Gasteiger partial charge in [-0.15, -0.1) is 0 Å². The molecule has 3 nitrogen and oxygen atoms in total. The molecule has 3 heteroatoms. The van der Waals surface area contributed by atoms with Gasteiger partial charge in [-0.1, -0.05) is 25.5 Å². The Morgan fingerprint density at radius 1 is 1.35 bits per heavy atom. The minimum atomic E-state index is -0.204. The maximum Gasteiger partial charge on any atom is 0.309 e. The third kappa shape index (κ3) is 2.67. The minimum absolute atomic E-state index is 0.204. The van der Waals surface area contributed by atoms with E-state index in [-0.39, 0.29) is 5.97 Å². The van der Waals surface area contributed by atoms with E-state index in [0.29, 0.717) is 6.42 Å². The Bertz CT molecular complexity index is 528. The summed E-state index contributed by atoms with van der Waals surface area (Å²) in [5.41, 5.74) is 3.32. The zero-order chi connectivity index (χ0) is 12.3. The lowest BCUT2D eigenvalue weighted by Gasteiger charge is -1.99. The number of carbonyl (C=O) groups is 1. The van der Waals surface area contributed by atoms with Gasteiger partial charge in [0.2, 0.25) is 0 Å². The lowest BCUT2D eigenvalue weighted by atomic mass is 10.1. The molecule has 0 unspecified atom stereocenters. The number of methoxy groups -OCH3 is 1. The number of benzene rings is 1. The second-order valence-electron chi connectivity index (χ2n) is 4.22. The molecule has 0 atom stereocenters. The number of ether oxygens (including phenoxy) is 1. The normalized spacial score (nSPS) is 10.7. The lowest BCUT2D eigenvalue weighted by Crippen LogP contribution is -2.04. The van der Waals surface area contributed by atoms with Crippen LogP contribution in [0.5, 0.6) is 0 Å². The molecule has 1 aromatic carbocycles. The number of aromatic nitrogens is 1. The summed E-state index contributed by atoms with van der Waals surface area (Å²) in [5, 5.41) is 1.20. The zero-order valence-corrected chi connectivity index (χ0v) is 10.2. The van der Waals surface area contributed by atoms with Crippen molar-refractivity contribution in [3.8, 4) is 0 Å². The first-order valence-corrected chi connectivity index (χ1v) is 5.90. The average molecular weight is 231 g/mol. The Balaban J connectivity index is 2.26. The van der Waals surface area contributed by atoms with E-state index >= 15 is 0 Å². The van der Waals surface area contributed by atoms with Crippen molar-refractivity contribution in [1.29, 1.82) is 0 Å². The zero-order valence-electron chi connectivity index (χ0n) is 10.2. The van der Waals surface area contributed by atoms with Crippen LogP contribution in [0, 0.1) is 0 Å². The van der Waals surface area contributed by atoms with Gasteiger partial charge in [-0.25, -0.2) is 0 Å². The molecule has 0 spiro atoms. The van der Waals surface area contributed by atoms with E-state index in [1.807, 2.05) is 18.2 Å². The van der Waals surface area contributed by atoms with E-state index in [1.165, 1.54) is 18.2 Å². The molecule has 17 heavy (non-hydrogen) atoms. The summed E-state index contributed by atoms with van der Waals surface area (Å²) < 4.78 is 4.66. The number of fused-ring (bicyclic) bond motifs is 1. The van der Waals surface area contributed by atoms with Gasteiger partial charge in [-0.3, -0.25) is 4.79 Å². The maximum absolute atomic E-state index is 11.2. The maximum atomic E-state index is 11.2. The number of esters is 1. The van der Waals surface area contributed by atoms with Gasteiger partial charge in [-0.2, -0.15) is 0 Å². The van der Waals surface area contributed by atoms with E-state index < -0.39 is 0 Å². The van der Waals surface area contributed by atoms with Gasteiger partial charge in [0.05, 0.1) is 13.5 Å². The fourth-order valence-electron chi connectivity index (χ4n) is 1.99.